The molecule has 0 aromatic heterocycles. The fourth-order valence-corrected chi connectivity index (χ4v) is 3.12. The zero-order valence-electron chi connectivity index (χ0n) is 14.1. The molecule has 2 rings (SSSR count). The summed E-state index contributed by atoms with van der Waals surface area (Å²) in [4.78, 5) is 2.52. The minimum atomic E-state index is 0.386. The Morgan fingerprint density at radius 2 is 1.86 bits per heavy atom. The van der Waals surface area contributed by atoms with Gasteiger partial charge in [0.25, 0.3) is 0 Å². The summed E-state index contributed by atoms with van der Waals surface area (Å²) in [6.07, 6.45) is 1.05. The maximum Gasteiger partial charge on any atom is 0.122 e. The van der Waals surface area contributed by atoms with Crippen LogP contribution in [0.25, 0.3) is 0 Å². The Kier molecular flexibility index (Phi) is 5.65. The molecule has 21 heavy (non-hydrogen) atoms. The average molecular weight is 290 g/mol. The van der Waals surface area contributed by atoms with Crippen LogP contribution in [0.1, 0.15) is 51.8 Å². The van der Waals surface area contributed by atoms with Crippen LogP contribution in [0.5, 0.6) is 5.75 Å². The van der Waals surface area contributed by atoms with Crippen molar-refractivity contribution in [2.75, 3.05) is 19.7 Å². The minimum absolute atomic E-state index is 0.386. The molecular weight excluding hydrogens is 260 g/mol. The number of hydrogen-bond acceptors (Lipinski definition) is 3. The second kappa shape index (κ2) is 7.28. The molecule has 1 unspecified atom stereocenters. The van der Waals surface area contributed by atoms with Gasteiger partial charge < -0.3 is 10.1 Å². The molecule has 1 aliphatic rings. The van der Waals surface area contributed by atoms with Crippen molar-refractivity contribution in [1.29, 1.82) is 0 Å². The van der Waals surface area contributed by atoms with Gasteiger partial charge in [0.2, 0.25) is 0 Å². The number of fused-ring (bicyclic) bond motifs is 1. The average Bonchev–Trinajstić information content (AvgIpc) is 2.89. The van der Waals surface area contributed by atoms with Gasteiger partial charge in [-0.1, -0.05) is 12.1 Å². The highest BCUT2D eigenvalue weighted by molar-refractivity contribution is 5.40. The first kappa shape index (κ1) is 16.3. The zero-order valence-corrected chi connectivity index (χ0v) is 14.1. The molecule has 1 heterocycles. The quantitative estimate of drug-likeness (QED) is 0.833. The van der Waals surface area contributed by atoms with Gasteiger partial charge in [-0.05, 0) is 51.8 Å². The first-order chi connectivity index (χ1) is 9.99. The van der Waals surface area contributed by atoms with E-state index in [2.05, 4.69) is 63.0 Å². The SMILES string of the molecule is CC(NCCN(C(C)C)C(C)C)c1ccc2c(c1)CCO2. The Labute approximate surface area is 129 Å². The van der Waals surface area contributed by atoms with Crippen LogP contribution in [0.2, 0.25) is 0 Å². The minimum Gasteiger partial charge on any atom is -0.493 e. The van der Waals surface area contributed by atoms with E-state index >= 15 is 0 Å². The number of ether oxygens (including phenoxy) is 1. The van der Waals surface area contributed by atoms with Crippen molar-refractivity contribution in [2.45, 2.75) is 59.2 Å². The number of benzene rings is 1. The molecule has 1 aliphatic heterocycles. The predicted molar refractivity (Wildman–Crippen MR) is 89.0 cm³/mol. The molecule has 0 bridgehead atoms. The summed E-state index contributed by atoms with van der Waals surface area (Å²) < 4.78 is 5.57. The third-order valence-corrected chi connectivity index (χ3v) is 4.36. The first-order valence-electron chi connectivity index (χ1n) is 8.23. The lowest BCUT2D eigenvalue weighted by Crippen LogP contribution is -2.41. The lowest BCUT2D eigenvalue weighted by atomic mass is 10.0. The normalized spacial score (nSPS) is 15.6. The maximum absolute atomic E-state index is 5.57. The summed E-state index contributed by atoms with van der Waals surface area (Å²) >= 11 is 0. The van der Waals surface area contributed by atoms with E-state index in [4.69, 9.17) is 4.74 Å². The number of rotatable bonds is 7. The highest BCUT2D eigenvalue weighted by Gasteiger charge is 2.16. The van der Waals surface area contributed by atoms with Gasteiger partial charge >= 0.3 is 0 Å². The molecule has 0 radical (unpaired) electrons. The molecule has 0 aliphatic carbocycles. The van der Waals surface area contributed by atoms with Crippen LogP contribution in [0.4, 0.5) is 0 Å². The topological polar surface area (TPSA) is 24.5 Å². The second-order valence-electron chi connectivity index (χ2n) is 6.57. The summed E-state index contributed by atoms with van der Waals surface area (Å²) in [5, 5.41) is 3.65. The smallest absolute Gasteiger partial charge is 0.122 e. The summed E-state index contributed by atoms with van der Waals surface area (Å²) in [5.41, 5.74) is 2.71. The molecule has 1 N–H and O–H groups in total. The largest absolute Gasteiger partial charge is 0.493 e. The third-order valence-electron chi connectivity index (χ3n) is 4.36. The molecule has 0 saturated carbocycles. The Balaban J connectivity index is 1.86. The van der Waals surface area contributed by atoms with Gasteiger partial charge in [-0.2, -0.15) is 0 Å². The molecule has 3 heteroatoms. The number of nitrogens with zero attached hydrogens (tertiary/aromatic N) is 1. The monoisotopic (exact) mass is 290 g/mol. The third kappa shape index (κ3) is 4.21. The van der Waals surface area contributed by atoms with E-state index in [0.717, 1.165) is 31.9 Å². The Morgan fingerprint density at radius 3 is 2.52 bits per heavy atom. The Hall–Kier alpha value is -1.06. The summed E-state index contributed by atoms with van der Waals surface area (Å²) in [7, 11) is 0. The van der Waals surface area contributed by atoms with Crippen molar-refractivity contribution < 1.29 is 4.74 Å². The van der Waals surface area contributed by atoms with E-state index in [9.17, 15) is 0 Å². The van der Waals surface area contributed by atoms with E-state index in [0.29, 0.717) is 18.1 Å². The standard InChI is InChI=1S/C18H30N2O/c1-13(2)20(14(3)4)10-9-19-15(5)16-6-7-18-17(12-16)8-11-21-18/h6-7,12-15,19H,8-11H2,1-5H3. The highest BCUT2D eigenvalue weighted by Crippen LogP contribution is 2.28. The summed E-state index contributed by atoms with van der Waals surface area (Å²) in [5.74, 6) is 1.07. The van der Waals surface area contributed by atoms with E-state index in [1.165, 1.54) is 11.1 Å². The molecule has 1 aromatic carbocycles. The number of nitrogens with one attached hydrogen (secondary N) is 1. The Bertz CT molecular complexity index is 449. The molecule has 0 fully saturated rings. The van der Waals surface area contributed by atoms with Gasteiger partial charge in [-0.15, -0.1) is 0 Å². The lowest BCUT2D eigenvalue weighted by molar-refractivity contribution is 0.174. The van der Waals surface area contributed by atoms with E-state index in [1.807, 2.05) is 0 Å². The molecule has 3 nitrogen and oxygen atoms in total. The highest BCUT2D eigenvalue weighted by atomic mass is 16.5. The van der Waals surface area contributed by atoms with Crippen molar-refractivity contribution in [1.82, 2.24) is 10.2 Å². The molecule has 118 valence electrons. The van der Waals surface area contributed by atoms with Crippen LogP contribution in [0, 0.1) is 0 Å². The van der Waals surface area contributed by atoms with Gasteiger partial charge in [0, 0.05) is 37.6 Å². The number of hydrogen-bond donors (Lipinski definition) is 1. The first-order valence-corrected chi connectivity index (χ1v) is 8.23. The molecule has 1 aromatic rings. The maximum atomic E-state index is 5.57. The van der Waals surface area contributed by atoms with Crippen LogP contribution in [-0.2, 0) is 6.42 Å². The van der Waals surface area contributed by atoms with Crippen LogP contribution >= 0.6 is 0 Å². The van der Waals surface area contributed by atoms with Gasteiger partial charge in [-0.3, -0.25) is 4.90 Å². The van der Waals surface area contributed by atoms with Crippen molar-refractivity contribution in [3.63, 3.8) is 0 Å². The molecule has 0 saturated heterocycles. The van der Waals surface area contributed by atoms with E-state index in [1.54, 1.807) is 0 Å². The summed E-state index contributed by atoms with van der Waals surface area (Å²) in [6, 6.07) is 8.17. The van der Waals surface area contributed by atoms with Crippen molar-refractivity contribution in [2.24, 2.45) is 0 Å². The predicted octanol–water partition coefficient (Wildman–Crippen LogP) is 3.39. The van der Waals surface area contributed by atoms with Crippen LogP contribution in [0.15, 0.2) is 18.2 Å². The molecule has 0 amide bonds. The van der Waals surface area contributed by atoms with Crippen molar-refractivity contribution in [3.8, 4) is 5.75 Å². The van der Waals surface area contributed by atoms with Crippen LogP contribution < -0.4 is 10.1 Å². The van der Waals surface area contributed by atoms with Gasteiger partial charge in [0.05, 0.1) is 6.61 Å². The van der Waals surface area contributed by atoms with Gasteiger partial charge in [0.15, 0.2) is 0 Å². The van der Waals surface area contributed by atoms with Crippen molar-refractivity contribution in [3.05, 3.63) is 29.3 Å². The van der Waals surface area contributed by atoms with Crippen LogP contribution in [0.3, 0.4) is 0 Å². The van der Waals surface area contributed by atoms with E-state index < -0.39 is 0 Å². The Morgan fingerprint density at radius 1 is 1.14 bits per heavy atom. The fraction of sp³-hybridized carbons (Fsp3) is 0.667. The fourth-order valence-electron chi connectivity index (χ4n) is 3.12. The van der Waals surface area contributed by atoms with Crippen LogP contribution in [-0.4, -0.2) is 36.7 Å². The summed E-state index contributed by atoms with van der Waals surface area (Å²) in [6.45, 7) is 14.3. The van der Waals surface area contributed by atoms with Gasteiger partial charge in [-0.25, -0.2) is 0 Å². The van der Waals surface area contributed by atoms with Crippen molar-refractivity contribution >= 4 is 0 Å². The van der Waals surface area contributed by atoms with E-state index in [-0.39, 0.29) is 0 Å². The second-order valence-corrected chi connectivity index (χ2v) is 6.57. The zero-order chi connectivity index (χ0) is 15.4. The lowest BCUT2D eigenvalue weighted by Gasteiger charge is -2.31. The molecule has 0 spiro atoms. The molecular formula is C18H30N2O. The molecule has 1 atom stereocenters. The van der Waals surface area contributed by atoms with Gasteiger partial charge in [0.1, 0.15) is 5.75 Å².